The molecule has 1 saturated heterocycles. The summed E-state index contributed by atoms with van der Waals surface area (Å²) >= 11 is 6.10. The zero-order valence-corrected chi connectivity index (χ0v) is 12.9. The molecule has 1 fully saturated rings. The van der Waals surface area contributed by atoms with E-state index in [1.165, 1.54) is 0 Å². The molecule has 1 aromatic carbocycles. The van der Waals surface area contributed by atoms with Crippen molar-refractivity contribution in [1.82, 2.24) is 15.0 Å². The first-order valence-corrected chi connectivity index (χ1v) is 7.42. The van der Waals surface area contributed by atoms with E-state index in [4.69, 9.17) is 20.9 Å². The average molecular weight is 308 g/mol. The quantitative estimate of drug-likeness (QED) is 0.866. The Bertz CT molecular complexity index is 629. The first-order chi connectivity index (χ1) is 10.2. The Morgan fingerprint density at radius 3 is 3.05 bits per heavy atom. The lowest BCUT2D eigenvalue weighted by Gasteiger charge is -2.23. The van der Waals surface area contributed by atoms with Crippen molar-refractivity contribution in [3.05, 3.63) is 40.5 Å². The standard InChI is InChI=1S/C15H18ClN3O2/c1-10-17-15(18-21-10)13-4-3-7-19(13)9-11-8-12(16)5-6-14(11)20-2/h5-6,8,13H,3-4,7,9H2,1-2H3/t13-/m0/s1. The molecule has 1 aliphatic rings. The number of ether oxygens (including phenoxy) is 1. The van der Waals surface area contributed by atoms with Crippen LogP contribution in [0.15, 0.2) is 22.7 Å². The fourth-order valence-electron chi connectivity index (χ4n) is 2.85. The lowest BCUT2D eigenvalue weighted by Crippen LogP contribution is -2.23. The molecule has 0 unspecified atom stereocenters. The Morgan fingerprint density at radius 2 is 2.33 bits per heavy atom. The molecule has 3 rings (SSSR count). The third-order valence-corrected chi connectivity index (χ3v) is 4.06. The molecule has 1 aliphatic heterocycles. The predicted molar refractivity (Wildman–Crippen MR) is 79.4 cm³/mol. The van der Waals surface area contributed by atoms with Crippen molar-refractivity contribution < 1.29 is 9.26 Å². The van der Waals surface area contributed by atoms with Crippen LogP contribution in [0.5, 0.6) is 5.75 Å². The van der Waals surface area contributed by atoms with E-state index in [2.05, 4.69) is 15.0 Å². The molecule has 0 N–H and O–H groups in total. The second-order valence-corrected chi connectivity index (χ2v) is 5.69. The summed E-state index contributed by atoms with van der Waals surface area (Å²) in [6, 6.07) is 5.90. The van der Waals surface area contributed by atoms with Gasteiger partial charge in [-0.05, 0) is 37.6 Å². The highest BCUT2D eigenvalue weighted by atomic mass is 35.5. The summed E-state index contributed by atoms with van der Waals surface area (Å²) in [5.41, 5.74) is 1.08. The van der Waals surface area contributed by atoms with E-state index in [1.807, 2.05) is 25.1 Å². The lowest BCUT2D eigenvalue weighted by atomic mass is 10.1. The fourth-order valence-corrected chi connectivity index (χ4v) is 3.04. The van der Waals surface area contributed by atoms with E-state index < -0.39 is 0 Å². The molecule has 0 radical (unpaired) electrons. The number of halogens is 1. The van der Waals surface area contributed by atoms with Crippen molar-refractivity contribution in [2.75, 3.05) is 13.7 Å². The van der Waals surface area contributed by atoms with Crippen molar-refractivity contribution in [3.63, 3.8) is 0 Å². The zero-order valence-electron chi connectivity index (χ0n) is 12.2. The first kappa shape index (κ1) is 14.4. The van der Waals surface area contributed by atoms with Crippen molar-refractivity contribution in [2.24, 2.45) is 0 Å². The summed E-state index contributed by atoms with van der Waals surface area (Å²) in [4.78, 5) is 6.71. The van der Waals surface area contributed by atoms with Gasteiger partial charge < -0.3 is 9.26 Å². The number of aromatic nitrogens is 2. The van der Waals surface area contributed by atoms with Gasteiger partial charge in [0.2, 0.25) is 5.89 Å². The van der Waals surface area contributed by atoms with E-state index in [-0.39, 0.29) is 6.04 Å². The molecule has 1 atom stereocenters. The molecule has 112 valence electrons. The summed E-state index contributed by atoms with van der Waals surface area (Å²) in [5.74, 6) is 2.23. The van der Waals surface area contributed by atoms with Crippen molar-refractivity contribution >= 4 is 11.6 Å². The zero-order chi connectivity index (χ0) is 14.8. The van der Waals surface area contributed by atoms with Gasteiger partial charge in [0, 0.05) is 24.1 Å². The highest BCUT2D eigenvalue weighted by Crippen LogP contribution is 2.33. The Balaban J connectivity index is 1.82. The molecule has 0 saturated carbocycles. The Labute approximate surface area is 128 Å². The number of aryl methyl sites for hydroxylation is 1. The van der Waals surface area contributed by atoms with Gasteiger partial charge >= 0.3 is 0 Å². The monoisotopic (exact) mass is 307 g/mol. The van der Waals surface area contributed by atoms with Crippen LogP contribution in [0, 0.1) is 6.92 Å². The van der Waals surface area contributed by atoms with E-state index in [9.17, 15) is 0 Å². The molecule has 0 spiro atoms. The Hall–Kier alpha value is -1.59. The van der Waals surface area contributed by atoms with E-state index in [0.717, 1.165) is 48.1 Å². The third kappa shape index (κ3) is 3.04. The minimum absolute atomic E-state index is 0.200. The minimum Gasteiger partial charge on any atom is -0.496 e. The average Bonchev–Trinajstić information content (AvgIpc) is 3.08. The van der Waals surface area contributed by atoms with Crippen LogP contribution in [-0.4, -0.2) is 28.7 Å². The normalized spacial score (nSPS) is 19.1. The first-order valence-electron chi connectivity index (χ1n) is 7.04. The molecule has 2 aromatic rings. The van der Waals surface area contributed by atoms with Crippen LogP contribution < -0.4 is 4.74 Å². The summed E-state index contributed by atoms with van der Waals surface area (Å²) < 4.78 is 10.5. The number of methoxy groups -OCH3 is 1. The molecular weight excluding hydrogens is 290 g/mol. The molecule has 0 aliphatic carbocycles. The lowest BCUT2D eigenvalue weighted by molar-refractivity contribution is 0.231. The van der Waals surface area contributed by atoms with Crippen LogP contribution in [0.25, 0.3) is 0 Å². The summed E-state index contributed by atoms with van der Waals surface area (Å²) in [6.45, 7) is 3.59. The predicted octanol–water partition coefficient (Wildman–Crippen LogP) is 3.38. The maximum atomic E-state index is 6.10. The van der Waals surface area contributed by atoms with E-state index in [0.29, 0.717) is 5.89 Å². The molecular formula is C15H18ClN3O2. The van der Waals surface area contributed by atoms with Crippen LogP contribution >= 0.6 is 11.6 Å². The summed E-state index contributed by atoms with van der Waals surface area (Å²) in [6.07, 6.45) is 2.17. The van der Waals surface area contributed by atoms with Crippen LogP contribution in [0.4, 0.5) is 0 Å². The smallest absolute Gasteiger partial charge is 0.223 e. The maximum Gasteiger partial charge on any atom is 0.223 e. The van der Waals surface area contributed by atoms with Crippen LogP contribution in [-0.2, 0) is 6.54 Å². The van der Waals surface area contributed by atoms with E-state index in [1.54, 1.807) is 7.11 Å². The van der Waals surface area contributed by atoms with Gasteiger partial charge in [-0.3, -0.25) is 4.90 Å². The van der Waals surface area contributed by atoms with Gasteiger partial charge in [-0.15, -0.1) is 0 Å². The second-order valence-electron chi connectivity index (χ2n) is 5.26. The van der Waals surface area contributed by atoms with Gasteiger partial charge in [0.25, 0.3) is 0 Å². The number of benzene rings is 1. The van der Waals surface area contributed by atoms with Crippen LogP contribution in [0.3, 0.4) is 0 Å². The van der Waals surface area contributed by atoms with Gasteiger partial charge in [-0.1, -0.05) is 16.8 Å². The van der Waals surface area contributed by atoms with Gasteiger partial charge in [-0.25, -0.2) is 0 Å². The van der Waals surface area contributed by atoms with Crippen molar-refractivity contribution in [3.8, 4) is 5.75 Å². The molecule has 21 heavy (non-hydrogen) atoms. The highest BCUT2D eigenvalue weighted by Gasteiger charge is 2.30. The number of nitrogens with zero attached hydrogens (tertiary/aromatic N) is 3. The number of likely N-dealkylation sites (tertiary alicyclic amines) is 1. The molecule has 2 heterocycles. The number of hydrogen-bond donors (Lipinski definition) is 0. The Kier molecular flexibility index (Phi) is 4.12. The molecule has 5 nitrogen and oxygen atoms in total. The summed E-state index contributed by atoms with van der Waals surface area (Å²) in [5, 5.41) is 4.78. The highest BCUT2D eigenvalue weighted by molar-refractivity contribution is 6.30. The molecule has 0 bridgehead atoms. The van der Waals surface area contributed by atoms with Crippen LogP contribution in [0.1, 0.15) is 36.2 Å². The third-order valence-electron chi connectivity index (χ3n) is 3.82. The molecule has 0 amide bonds. The Morgan fingerprint density at radius 1 is 1.48 bits per heavy atom. The van der Waals surface area contributed by atoms with Crippen molar-refractivity contribution in [1.29, 1.82) is 0 Å². The van der Waals surface area contributed by atoms with Gasteiger partial charge in [0.15, 0.2) is 5.82 Å². The second kappa shape index (κ2) is 6.03. The molecule has 6 heteroatoms. The SMILES string of the molecule is COc1ccc(Cl)cc1CN1CCC[C@H]1c1noc(C)n1. The van der Waals surface area contributed by atoms with Gasteiger partial charge in [0.05, 0.1) is 13.2 Å². The van der Waals surface area contributed by atoms with Crippen LogP contribution in [0.2, 0.25) is 5.02 Å². The number of hydrogen-bond acceptors (Lipinski definition) is 5. The summed E-state index contributed by atoms with van der Waals surface area (Å²) in [7, 11) is 1.68. The van der Waals surface area contributed by atoms with E-state index >= 15 is 0 Å². The number of rotatable bonds is 4. The maximum absolute atomic E-state index is 6.10. The fraction of sp³-hybridized carbons (Fsp3) is 0.467. The van der Waals surface area contributed by atoms with Crippen molar-refractivity contribution in [2.45, 2.75) is 32.4 Å². The molecule has 1 aromatic heterocycles. The largest absolute Gasteiger partial charge is 0.496 e. The van der Waals surface area contributed by atoms with Gasteiger partial charge in [0.1, 0.15) is 5.75 Å². The minimum atomic E-state index is 0.200. The topological polar surface area (TPSA) is 51.4 Å². The van der Waals surface area contributed by atoms with Gasteiger partial charge in [-0.2, -0.15) is 4.98 Å².